The molecule has 12 heteroatoms. The van der Waals surface area contributed by atoms with Crippen LogP contribution in [-0.2, 0) is 0 Å². The molecule has 3 aromatic rings. The molecule has 0 radical (unpaired) electrons. The highest BCUT2D eigenvalue weighted by atomic mass is 19.4. The van der Waals surface area contributed by atoms with Crippen molar-refractivity contribution in [2.45, 2.75) is 12.6 Å². The van der Waals surface area contributed by atoms with Gasteiger partial charge in [-0.3, -0.25) is 0 Å². The molecule has 0 aromatic carbocycles. The van der Waals surface area contributed by atoms with Gasteiger partial charge >= 0.3 is 6.18 Å². The summed E-state index contributed by atoms with van der Waals surface area (Å²) in [5, 5.41) is 10.7. The van der Waals surface area contributed by atoms with Crippen molar-refractivity contribution in [1.29, 1.82) is 0 Å². The molecule has 0 saturated heterocycles. The van der Waals surface area contributed by atoms with Crippen LogP contribution in [0.15, 0.2) is 24.4 Å². The molecule has 0 aliphatic rings. The monoisotopic (exact) mass is 363 g/mol. The Morgan fingerprint density at radius 2 is 1.92 bits per heavy atom. The maximum Gasteiger partial charge on any atom is 0.422 e. The van der Waals surface area contributed by atoms with E-state index in [1.165, 1.54) is 12.1 Å². The minimum atomic E-state index is -4.64. The first-order valence-corrected chi connectivity index (χ1v) is 6.60. The maximum absolute atomic E-state index is 13.8. The highest BCUT2D eigenvalue weighted by Gasteiger charge is 2.29. The van der Waals surface area contributed by atoms with Crippen LogP contribution >= 0.6 is 0 Å². The van der Waals surface area contributed by atoms with Crippen LogP contribution in [-0.4, -0.2) is 37.6 Å². The number of hydrogen-bond acceptors (Lipinski definition) is 5. The molecule has 0 N–H and O–H groups in total. The van der Waals surface area contributed by atoms with Crippen LogP contribution in [0, 0.1) is 5.82 Å². The van der Waals surface area contributed by atoms with Crippen LogP contribution in [0.4, 0.5) is 26.3 Å². The van der Waals surface area contributed by atoms with Gasteiger partial charge in [0.05, 0.1) is 5.69 Å². The smallest absolute Gasteiger partial charge is 0.422 e. The van der Waals surface area contributed by atoms with Gasteiger partial charge in [-0.15, -0.1) is 10.2 Å². The first-order valence-electron chi connectivity index (χ1n) is 6.60. The van der Waals surface area contributed by atoms with E-state index in [0.29, 0.717) is 0 Å². The number of nitrogens with zero attached hydrogens (tertiary/aromatic N) is 5. The second-order valence-electron chi connectivity index (χ2n) is 4.76. The molecular formula is C13H7F6N5O. The summed E-state index contributed by atoms with van der Waals surface area (Å²) >= 11 is 0. The van der Waals surface area contributed by atoms with E-state index in [-0.39, 0.29) is 16.9 Å². The first-order chi connectivity index (χ1) is 11.7. The number of aromatic nitrogens is 5. The second kappa shape index (κ2) is 6.18. The van der Waals surface area contributed by atoms with Gasteiger partial charge in [-0.25, -0.2) is 18.2 Å². The van der Waals surface area contributed by atoms with Crippen LogP contribution in [0.2, 0.25) is 0 Å². The summed E-state index contributed by atoms with van der Waals surface area (Å²) in [6, 6.07) is 3.51. The van der Waals surface area contributed by atoms with Gasteiger partial charge in [-0.1, -0.05) is 0 Å². The Morgan fingerprint density at radius 1 is 1.16 bits per heavy atom. The third kappa shape index (κ3) is 3.61. The number of fused-ring (bicyclic) bond motifs is 1. The molecule has 25 heavy (non-hydrogen) atoms. The highest BCUT2D eigenvalue weighted by Crippen LogP contribution is 2.25. The molecule has 0 bridgehead atoms. The minimum Gasteiger partial charge on any atom is -0.466 e. The molecule has 0 aliphatic heterocycles. The SMILES string of the molecule is Fc1cc(-c2ccc3nnc(C(F)F)n3n2)cnc1OCC(F)(F)F. The molecule has 3 aromatic heterocycles. The zero-order valence-corrected chi connectivity index (χ0v) is 12.0. The number of rotatable bonds is 4. The summed E-state index contributed by atoms with van der Waals surface area (Å²) in [4.78, 5) is 3.46. The molecule has 3 heterocycles. The van der Waals surface area contributed by atoms with Gasteiger partial charge in [-0.05, 0) is 18.2 Å². The third-order valence-corrected chi connectivity index (χ3v) is 2.96. The van der Waals surface area contributed by atoms with Crippen LogP contribution in [0.5, 0.6) is 5.88 Å². The second-order valence-corrected chi connectivity index (χ2v) is 4.76. The Labute approximate surface area is 135 Å². The lowest BCUT2D eigenvalue weighted by atomic mass is 10.2. The Balaban J connectivity index is 1.92. The fourth-order valence-corrected chi connectivity index (χ4v) is 1.92. The van der Waals surface area contributed by atoms with Crippen molar-refractivity contribution in [2.24, 2.45) is 0 Å². The summed E-state index contributed by atoms with van der Waals surface area (Å²) in [5.41, 5.74) is 0.147. The molecule has 132 valence electrons. The van der Waals surface area contributed by atoms with E-state index in [0.717, 1.165) is 16.8 Å². The first kappa shape index (κ1) is 16.9. The lowest BCUT2D eigenvalue weighted by molar-refractivity contribution is -0.154. The lowest BCUT2D eigenvalue weighted by Gasteiger charge is -2.09. The van der Waals surface area contributed by atoms with Crippen molar-refractivity contribution in [3.63, 3.8) is 0 Å². The van der Waals surface area contributed by atoms with Crippen molar-refractivity contribution >= 4 is 5.65 Å². The number of alkyl halides is 5. The minimum absolute atomic E-state index is 0.0444. The van der Waals surface area contributed by atoms with Crippen molar-refractivity contribution in [2.75, 3.05) is 6.61 Å². The highest BCUT2D eigenvalue weighted by molar-refractivity contribution is 5.59. The summed E-state index contributed by atoms with van der Waals surface area (Å²) in [5.74, 6) is -2.68. The van der Waals surface area contributed by atoms with Crippen molar-refractivity contribution < 1.29 is 31.1 Å². The predicted molar refractivity (Wildman–Crippen MR) is 70.5 cm³/mol. The molecular weight excluding hydrogens is 356 g/mol. The lowest BCUT2D eigenvalue weighted by Crippen LogP contribution is -2.20. The number of halogens is 6. The van der Waals surface area contributed by atoms with E-state index in [4.69, 9.17) is 0 Å². The molecule has 0 unspecified atom stereocenters. The van der Waals surface area contributed by atoms with E-state index in [9.17, 15) is 26.3 Å². The van der Waals surface area contributed by atoms with Crippen LogP contribution in [0.1, 0.15) is 12.2 Å². The summed E-state index contributed by atoms with van der Waals surface area (Å²) in [6.07, 6.45) is -6.56. The molecule has 0 fully saturated rings. The average molecular weight is 363 g/mol. The summed E-state index contributed by atoms with van der Waals surface area (Å²) in [6.45, 7) is -1.70. The third-order valence-electron chi connectivity index (χ3n) is 2.96. The largest absolute Gasteiger partial charge is 0.466 e. The van der Waals surface area contributed by atoms with Crippen LogP contribution in [0.3, 0.4) is 0 Å². The van der Waals surface area contributed by atoms with Gasteiger partial charge < -0.3 is 4.74 Å². The number of pyridine rings is 1. The van der Waals surface area contributed by atoms with Crippen molar-refractivity contribution in [1.82, 2.24) is 24.8 Å². The van der Waals surface area contributed by atoms with Gasteiger partial charge in [0.15, 0.2) is 18.1 Å². The van der Waals surface area contributed by atoms with E-state index < -0.39 is 36.7 Å². The molecule has 0 aliphatic carbocycles. The molecule has 0 saturated carbocycles. The van der Waals surface area contributed by atoms with Crippen molar-refractivity contribution in [3.8, 4) is 17.1 Å². The van der Waals surface area contributed by atoms with Gasteiger partial charge in [0, 0.05) is 11.8 Å². The zero-order chi connectivity index (χ0) is 18.2. The fourth-order valence-electron chi connectivity index (χ4n) is 1.92. The van der Waals surface area contributed by atoms with E-state index >= 15 is 0 Å². The van der Waals surface area contributed by atoms with Crippen LogP contribution in [0.25, 0.3) is 16.9 Å². The maximum atomic E-state index is 13.8. The Kier molecular flexibility index (Phi) is 4.18. The predicted octanol–water partition coefficient (Wildman–Crippen LogP) is 3.20. The zero-order valence-electron chi connectivity index (χ0n) is 12.0. The van der Waals surface area contributed by atoms with Gasteiger partial charge in [-0.2, -0.15) is 22.8 Å². The fraction of sp³-hybridized carbons (Fsp3) is 0.231. The number of ether oxygens (including phenoxy) is 1. The molecule has 0 spiro atoms. The van der Waals surface area contributed by atoms with Crippen molar-refractivity contribution in [3.05, 3.63) is 36.0 Å². The Hall–Kier alpha value is -2.92. The molecule has 0 atom stereocenters. The average Bonchev–Trinajstić information content (AvgIpc) is 2.96. The normalized spacial score (nSPS) is 12.1. The van der Waals surface area contributed by atoms with E-state index in [2.05, 4.69) is 25.0 Å². The molecule has 3 rings (SSSR count). The Bertz CT molecular complexity index is 910. The topological polar surface area (TPSA) is 65.2 Å². The summed E-state index contributed by atoms with van der Waals surface area (Å²) < 4.78 is 80.7. The summed E-state index contributed by atoms with van der Waals surface area (Å²) in [7, 11) is 0. The van der Waals surface area contributed by atoms with Crippen LogP contribution < -0.4 is 4.74 Å². The molecule has 6 nitrogen and oxygen atoms in total. The van der Waals surface area contributed by atoms with E-state index in [1.54, 1.807) is 0 Å². The quantitative estimate of drug-likeness (QED) is 0.666. The van der Waals surface area contributed by atoms with Gasteiger partial charge in [0.25, 0.3) is 12.3 Å². The Morgan fingerprint density at radius 3 is 2.56 bits per heavy atom. The standard InChI is InChI=1S/C13H7F6N5O/c14-7-3-6(4-20-12(7)25-5-13(17,18)19)8-1-2-9-21-22-11(10(15)16)24(9)23-8/h1-4,10H,5H2. The van der Waals surface area contributed by atoms with Gasteiger partial charge in [0.2, 0.25) is 5.82 Å². The molecule has 0 amide bonds. The number of hydrogen-bond donors (Lipinski definition) is 0. The van der Waals surface area contributed by atoms with Gasteiger partial charge in [0.1, 0.15) is 0 Å². The van der Waals surface area contributed by atoms with E-state index in [1.807, 2.05) is 0 Å².